The van der Waals surface area contributed by atoms with E-state index in [2.05, 4.69) is 11.4 Å². The lowest BCUT2D eigenvalue weighted by atomic mass is 10.2. The number of nitrogens with zero attached hydrogens (tertiary/aromatic N) is 1. The molecule has 2 aromatic rings. The van der Waals surface area contributed by atoms with Crippen molar-refractivity contribution in [3.8, 4) is 0 Å². The Morgan fingerprint density at radius 3 is 2.92 bits per heavy atom. The first kappa shape index (κ1) is 19.1. The van der Waals surface area contributed by atoms with Crippen molar-refractivity contribution >= 4 is 34.5 Å². The average Bonchev–Trinajstić information content (AvgIpc) is 3.41. The quantitative estimate of drug-likeness (QED) is 0.664. The van der Waals surface area contributed by atoms with Crippen LogP contribution in [0.5, 0.6) is 0 Å². The maximum absolute atomic E-state index is 12.7. The van der Waals surface area contributed by atoms with E-state index in [1.807, 2.05) is 27.1 Å². The highest BCUT2D eigenvalue weighted by atomic mass is 32.1. The number of carbonyl (C=O) groups is 2. The lowest BCUT2D eigenvalue weighted by Gasteiger charge is -2.25. The van der Waals surface area contributed by atoms with Gasteiger partial charge in [-0.2, -0.15) is 11.3 Å². The van der Waals surface area contributed by atoms with Gasteiger partial charge in [0, 0.05) is 41.9 Å². The molecule has 0 bridgehead atoms. The highest BCUT2D eigenvalue weighted by Gasteiger charge is 2.22. The third-order valence-corrected chi connectivity index (χ3v) is 5.91. The molecule has 0 radical (unpaired) electrons. The number of ether oxygens (including phenoxy) is 1. The first-order valence-corrected chi connectivity index (χ1v) is 10.8. The van der Waals surface area contributed by atoms with Gasteiger partial charge in [-0.1, -0.05) is 6.07 Å². The smallest absolute Gasteiger partial charge is 0.252 e. The van der Waals surface area contributed by atoms with Gasteiger partial charge >= 0.3 is 0 Å². The third-order valence-electron chi connectivity index (χ3n) is 4.36. The summed E-state index contributed by atoms with van der Waals surface area (Å²) in [6.07, 6.45) is 3.31. The van der Waals surface area contributed by atoms with Crippen LogP contribution in [0.4, 0.5) is 0 Å². The summed E-state index contributed by atoms with van der Waals surface area (Å²) >= 11 is 3.17. The van der Waals surface area contributed by atoms with Crippen molar-refractivity contribution < 1.29 is 14.3 Å². The second-order valence-electron chi connectivity index (χ2n) is 6.36. The van der Waals surface area contributed by atoms with Crippen LogP contribution in [0.25, 0.3) is 0 Å². The fraction of sp³-hybridized carbons (Fsp3) is 0.474. The number of hydrogen-bond donors (Lipinski definition) is 1. The van der Waals surface area contributed by atoms with Crippen LogP contribution < -0.4 is 5.32 Å². The Balaban J connectivity index is 1.45. The van der Waals surface area contributed by atoms with E-state index in [-0.39, 0.29) is 17.9 Å². The van der Waals surface area contributed by atoms with E-state index in [1.54, 1.807) is 17.4 Å². The highest BCUT2D eigenvalue weighted by Crippen LogP contribution is 2.18. The predicted molar refractivity (Wildman–Crippen MR) is 105 cm³/mol. The van der Waals surface area contributed by atoms with Gasteiger partial charge in [0.2, 0.25) is 5.91 Å². The van der Waals surface area contributed by atoms with Gasteiger partial charge in [-0.05, 0) is 42.2 Å². The summed E-state index contributed by atoms with van der Waals surface area (Å²) in [5.41, 5.74) is 0.680. The molecule has 2 amide bonds. The van der Waals surface area contributed by atoms with Gasteiger partial charge < -0.3 is 15.0 Å². The molecule has 1 aliphatic rings. The molecule has 1 N–H and O–H groups in total. The zero-order valence-electron chi connectivity index (χ0n) is 14.7. The molecule has 2 aromatic heterocycles. The van der Waals surface area contributed by atoms with E-state index in [9.17, 15) is 9.59 Å². The van der Waals surface area contributed by atoms with Crippen LogP contribution >= 0.6 is 22.7 Å². The van der Waals surface area contributed by atoms with E-state index in [0.29, 0.717) is 38.0 Å². The van der Waals surface area contributed by atoms with Gasteiger partial charge in [0.25, 0.3) is 5.91 Å². The normalized spacial score (nSPS) is 16.5. The van der Waals surface area contributed by atoms with E-state index in [1.165, 1.54) is 16.2 Å². The number of carbonyl (C=O) groups excluding carboxylic acids is 2. The molecule has 3 rings (SSSR count). The first-order valence-electron chi connectivity index (χ1n) is 8.94. The fourth-order valence-corrected chi connectivity index (χ4v) is 4.33. The van der Waals surface area contributed by atoms with Crippen molar-refractivity contribution in [2.75, 3.05) is 19.7 Å². The summed E-state index contributed by atoms with van der Waals surface area (Å²) in [5.74, 6) is 0.0483. The molecule has 1 aliphatic heterocycles. The molecule has 0 saturated carbocycles. The zero-order chi connectivity index (χ0) is 18.2. The highest BCUT2D eigenvalue weighted by molar-refractivity contribution is 7.09. The van der Waals surface area contributed by atoms with Gasteiger partial charge in [-0.3, -0.25) is 9.59 Å². The molecule has 140 valence electrons. The Bertz CT molecular complexity index is 680. The average molecular weight is 393 g/mol. The molecule has 0 aromatic carbocycles. The summed E-state index contributed by atoms with van der Waals surface area (Å²) in [4.78, 5) is 27.7. The Kier molecular flexibility index (Phi) is 7.22. The largest absolute Gasteiger partial charge is 0.376 e. The fourth-order valence-electron chi connectivity index (χ4n) is 2.97. The second kappa shape index (κ2) is 9.85. The second-order valence-corrected chi connectivity index (χ2v) is 8.17. The van der Waals surface area contributed by atoms with Gasteiger partial charge in [0.15, 0.2) is 0 Å². The predicted octanol–water partition coefficient (Wildman–Crippen LogP) is 3.53. The van der Waals surface area contributed by atoms with Crippen molar-refractivity contribution in [3.63, 3.8) is 0 Å². The molecule has 5 nitrogen and oxygen atoms in total. The number of rotatable bonds is 9. The molecule has 0 aliphatic carbocycles. The van der Waals surface area contributed by atoms with Crippen LogP contribution in [-0.4, -0.2) is 42.5 Å². The van der Waals surface area contributed by atoms with Crippen LogP contribution in [0, 0.1) is 0 Å². The maximum atomic E-state index is 12.7. The van der Waals surface area contributed by atoms with Crippen LogP contribution in [0.3, 0.4) is 0 Å². The van der Waals surface area contributed by atoms with Crippen molar-refractivity contribution in [1.82, 2.24) is 10.2 Å². The number of thiophene rings is 2. The molecular formula is C19H24N2O3S2. The minimum atomic E-state index is -0.0755. The molecule has 3 heterocycles. The summed E-state index contributed by atoms with van der Waals surface area (Å²) in [6.45, 7) is 2.59. The molecule has 1 fully saturated rings. The van der Waals surface area contributed by atoms with E-state index in [0.717, 1.165) is 19.4 Å². The SMILES string of the molecule is O=C(NCCCC(=O)N(Cc1cccs1)CC1CCCO1)c1ccsc1. The zero-order valence-corrected chi connectivity index (χ0v) is 16.3. The van der Waals surface area contributed by atoms with Gasteiger partial charge in [0.1, 0.15) is 0 Å². The Hall–Kier alpha value is -1.70. The minimum Gasteiger partial charge on any atom is -0.376 e. The minimum absolute atomic E-state index is 0.0755. The molecule has 7 heteroatoms. The lowest BCUT2D eigenvalue weighted by Crippen LogP contribution is -2.37. The third kappa shape index (κ3) is 5.65. The van der Waals surface area contributed by atoms with E-state index < -0.39 is 0 Å². The molecule has 1 atom stereocenters. The van der Waals surface area contributed by atoms with Gasteiger partial charge in [-0.25, -0.2) is 0 Å². The van der Waals surface area contributed by atoms with Crippen LogP contribution in [0.15, 0.2) is 34.3 Å². The number of hydrogen-bond acceptors (Lipinski definition) is 5. The Morgan fingerprint density at radius 1 is 1.31 bits per heavy atom. The monoisotopic (exact) mass is 392 g/mol. The van der Waals surface area contributed by atoms with Crippen molar-refractivity contribution in [1.29, 1.82) is 0 Å². The number of nitrogens with one attached hydrogen (secondary N) is 1. The van der Waals surface area contributed by atoms with Crippen molar-refractivity contribution in [3.05, 3.63) is 44.8 Å². The summed E-state index contributed by atoms with van der Waals surface area (Å²) in [7, 11) is 0. The molecular weight excluding hydrogens is 368 g/mol. The first-order chi connectivity index (χ1) is 12.7. The molecule has 1 saturated heterocycles. The molecule has 0 spiro atoms. The van der Waals surface area contributed by atoms with Gasteiger partial charge in [0.05, 0.1) is 12.6 Å². The molecule has 26 heavy (non-hydrogen) atoms. The summed E-state index contributed by atoms with van der Waals surface area (Å²) < 4.78 is 5.70. The van der Waals surface area contributed by atoms with Crippen molar-refractivity contribution in [2.24, 2.45) is 0 Å². The lowest BCUT2D eigenvalue weighted by molar-refractivity contribution is -0.133. The number of amides is 2. The summed E-state index contributed by atoms with van der Waals surface area (Å²) in [5, 5.41) is 8.61. The van der Waals surface area contributed by atoms with E-state index in [4.69, 9.17) is 4.74 Å². The van der Waals surface area contributed by atoms with Crippen LogP contribution in [-0.2, 0) is 16.1 Å². The van der Waals surface area contributed by atoms with Gasteiger partial charge in [-0.15, -0.1) is 11.3 Å². The maximum Gasteiger partial charge on any atom is 0.252 e. The topological polar surface area (TPSA) is 58.6 Å². The summed E-state index contributed by atoms with van der Waals surface area (Å²) in [6, 6.07) is 5.87. The van der Waals surface area contributed by atoms with Crippen LogP contribution in [0.2, 0.25) is 0 Å². The Labute approximate surface area is 162 Å². The molecule has 1 unspecified atom stereocenters. The Morgan fingerprint density at radius 2 is 2.23 bits per heavy atom. The van der Waals surface area contributed by atoms with Crippen molar-refractivity contribution in [2.45, 2.75) is 38.3 Å². The van der Waals surface area contributed by atoms with E-state index >= 15 is 0 Å². The van der Waals surface area contributed by atoms with Crippen LogP contribution in [0.1, 0.15) is 40.9 Å². The standard InChI is InChI=1S/C19H24N2O3S2/c22-18(6-1-8-20-19(23)15-7-11-25-14-15)21(12-16-4-2-9-24-16)13-17-5-3-10-26-17/h3,5,7,10-11,14,16H,1-2,4,6,8-9,12-13H2,(H,20,23).